The molecule has 48 heavy (non-hydrogen) atoms. The van der Waals surface area contributed by atoms with Crippen LogP contribution < -0.4 is 15.4 Å². The Morgan fingerprint density at radius 2 is 1.65 bits per heavy atom. The first-order valence-electron chi connectivity index (χ1n) is 14.4. The molecule has 3 aromatic rings. The number of hydrogen-bond donors (Lipinski definition) is 2. The largest absolute Gasteiger partial charge is 0.471 e. The number of hydrogen-bond acceptors (Lipinski definition) is 5. The van der Waals surface area contributed by atoms with Gasteiger partial charge in [0.25, 0.3) is 12.3 Å². The Morgan fingerprint density at radius 3 is 2.23 bits per heavy atom. The molecule has 2 amide bonds. The van der Waals surface area contributed by atoms with Crippen molar-refractivity contribution in [3.8, 4) is 5.88 Å². The van der Waals surface area contributed by atoms with Crippen molar-refractivity contribution in [1.82, 2.24) is 25.2 Å². The number of benzene rings is 1. The van der Waals surface area contributed by atoms with Crippen molar-refractivity contribution >= 4 is 23.0 Å². The molecule has 2 heterocycles. The lowest BCUT2D eigenvalue weighted by molar-refractivity contribution is -0.182. The first-order chi connectivity index (χ1) is 22.2. The number of aromatic nitrogens is 3. The molecule has 2 N–H and O–H groups in total. The van der Waals surface area contributed by atoms with E-state index in [0.29, 0.717) is 6.07 Å². The Balaban J connectivity index is 1.63. The van der Waals surface area contributed by atoms with Gasteiger partial charge in [-0.05, 0) is 48.9 Å². The van der Waals surface area contributed by atoms with Crippen LogP contribution in [0.15, 0.2) is 24.3 Å². The summed E-state index contributed by atoms with van der Waals surface area (Å²) in [5.41, 5.74) is -1.92. The molecule has 1 aliphatic carbocycles. The Hall–Kier alpha value is -4.19. The second kappa shape index (κ2) is 14.1. The number of aryl methyl sites for hydroxylation is 1. The zero-order valence-electron chi connectivity index (χ0n) is 24.9. The fraction of sp³-hybridized carbons (Fsp3) is 0.517. The molecular weight excluding hydrogens is 675 g/mol. The first kappa shape index (κ1) is 36.6. The SMILES string of the molecule is Cn1c(Cc2cc(CNC(=O)CC(F)(F)F)ccc2C(F)(F)F)nc2cc(C(=O)NC3CCC(C(F)(F)F)CC3)c(OCC(F)F)nc21. The van der Waals surface area contributed by atoms with Crippen LogP contribution in [0.3, 0.4) is 0 Å². The van der Waals surface area contributed by atoms with Gasteiger partial charge in [-0.2, -0.15) is 44.5 Å². The van der Waals surface area contributed by atoms with Gasteiger partial charge in [-0.25, -0.2) is 13.8 Å². The van der Waals surface area contributed by atoms with E-state index in [9.17, 15) is 57.9 Å². The Kier molecular flexibility index (Phi) is 10.8. The molecule has 1 aliphatic rings. The summed E-state index contributed by atoms with van der Waals surface area (Å²) < 4.78 is 151. The first-order valence-corrected chi connectivity index (χ1v) is 14.4. The second-order valence-electron chi connectivity index (χ2n) is 11.3. The van der Waals surface area contributed by atoms with Gasteiger partial charge in [0.15, 0.2) is 12.3 Å². The van der Waals surface area contributed by atoms with E-state index >= 15 is 0 Å². The average Bonchev–Trinajstić information content (AvgIpc) is 3.26. The van der Waals surface area contributed by atoms with Crippen molar-refractivity contribution in [1.29, 1.82) is 0 Å². The van der Waals surface area contributed by atoms with Crippen LogP contribution in [0.2, 0.25) is 0 Å². The number of halogens is 11. The number of rotatable bonds is 10. The predicted molar refractivity (Wildman–Crippen MR) is 146 cm³/mol. The molecule has 0 bridgehead atoms. The van der Waals surface area contributed by atoms with Gasteiger partial charge >= 0.3 is 18.5 Å². The summed E-state index contributed by atoms with van der Waals surface area (Å²) in [7, 11) is 1.35. The molecule has 1 fully saturated rings. The van der Waals surface area contributed by atoms with Gasteiger partial charge in [0, 0.05) is 26.1 Å². The molecule has 4 rings (SSSR count). The highest BCUT2D eigenvalue weighted by atomic mass is 19.4. The number of carbonyl (C=O) groups is 2. The summed E-state index contributed by atoms with van der Waals surface area (Å²) in [4.78, 5) is 33.1. The van der Waals surface area contributed by atoms with Crippen molar-refractivity contribution in [2.75, 3.05) is 6.61 Å². The Morgan fingerprint density at radius 1 is 0.979 bits per heavy atom. The number of alkyl halides is 11. The number of fused-ring (bicyclic) bond motifs is 1. The topological polar surface area (TPSA) is 98.1 Å². The zero-order chi connectivity index (χ0) is 35.6. The van der Waals surface area contributed by atoms with Gasteiger partial charge in [0.1, 0.15) is 23.3 Å². The van der Waals surface area contributed by atoms with Gasteiger partial charge in [-0.15, -0.1) is 0 Å². The van der Waals surface area contributed by atoms with E-state index in [2.05, 4.69) is 15.3 Å². The second-order valence-corrected chi connectivity index (χ2v) is 11.3. The van der Waals surface area contributed by atoms with Crippen molar-refractivity contribution in [3.05, 3.63) is 52.3 Å². The molecule has 0 aliphatic heterocycles. The number of imidazole rings is 1. The Bertz CT molecular complexity index is 1630. The summed E-state index contributed by atoms with van der Waals surface area (Å²) in [6.07, 6.45) is -19.8. The minimum absolute atomic E-state index is 0.000832. The van der Waals surface area contributed by atoms with Crippen LogP contribution in [0.5, 0.6) is 5.88 Å². The molecule has 0 atom stereocenters. The molecule has 0 saturated heterocycles. The van der Waals surface area contributed by atoms with E-state index in [1.165, 1.54) is 11.6 Å². The van der Waals surface area contributed by atoms with E-state index in [4.69, 9.17) is 4.74 Å². The third-order valence-electron chi connectivity index (χ3n) is 7.69. The van der Waals surface area contributed by atoms with Crippen LogP contribution in [0.4, 0.5) is 48.3 Å². The summed E-state index contributed by atoms with van der Waals surface area (Å²) in [5.74, 6) is -4.41. The lowest BCUT2D eigenvalue weighted by atomic mass is 9.85. The number of amides is 2. The van der Waals surface area contributed by atoms with Gasteiger partial charge in [-0.3, -0.25) is 9.59 Å². The number of nitrogens with one attached hydrogen (secondary N) is 2. The minimum Gasteiger partial charge on any atom is -0.471 e. The maximum atomic E-state index is 13.9. The molecule has 0 unspecified atom stereocenters. The molecule has 264 valence electrons. The van der Waals surface area contributed by atoms with Crippen LogP contribution in [-0.4, -0.2) is 57.8 Å². The summed E-state index contributed by atoms with van der Waals surface area (Å²) >= 11 is 0. The fourth-order valence-electron chi connectivity index (χ4n) is 5.34. The molecule has 1 aromatic carbocycles. The van der Waals surface area contributed by atoms with Crippen molar-refractivity contribution in [2.45, 2.75) is 76.1 Å². The summed E-state index contributed by atoms with van der Waals surface area (Å²) in [6, 6.07) is 3.17. The maximum absolute atomic E-state index is 13.9. The van der Waals surface area contributed by atoms with E-state index in [1.54, 1.807) is 0 Å². The normalized spacial score (nSPS) is 17.5. The monoisotopic (exact) mass is 703 g/mol. The third-order valence-corrected chi connectivity index (χ3v) is 7.69. The molecule has 19 heteroatoms. The molecule has 1 saturated carbocycles. The lowest BCUT2D eigenvalue weighted by Crippen LogP contribution is -2.40. The van der Waals surface area contributed by atoms with Crippen LogP contribution in [0.25, 0.3) is 11.2 Å². The van der Waals surface area contributed by atoms with Crippen LogP contribution in [0.1, 0.15) is 65.0 Å². The zero-order valence-corrected chi connectivity index (χ0v) is 24.9. The van der Waals surface area contributed by atoms with Gasteiger partial charge in [0.2, 0.25) is 11.8 Å². The average molecular weight is 704 g/mol. The maximum Gasteiger partial charge on any atom is 0.416 e. The van der Waals surface area contributed by atoms with Crippen molar-refractivity contribution in [2.24, 2.45) is 13.0 Å². The number of ether oxygens (including phenoxy) is 1. The third kappa shape index (κ3) is 9.46. The van der Waals surface area contributed by atoms with Crippen LogP contribution >= 0.6 is 0 Å². The van der Waals surface area contributed by atoms with E-state index < -0.39 is 86.2 Å². The minimum atomic E-state index is -4.86. The van der Waals surface area contributed by atoms with Crippen molar-refractivity contribution in [3.63, 3.8) is 0 Å². The van der Waals surface area contributed by atoms with Gasteiger partial charge < -0.3 is 19.9 Å². The van der Waals surface area contributed by atoms with Crippen LogP contribution in [-0.2, 0) is 31.0 Å². The highest BCUT2D eigenvalue weighted by molar-refractivity contribution is 5.99. The molecule has 0 radical (unpaired) electrons. The van der Waals surface area contributed by atoms with E-state index in [-0.39, 0.29) is 59.4 Å². The number of carbonyl (C=O) groups excluding carboxylic acids is 2. The predicted octanol–water partition coefficient (Wildman–Crippen LogP) is 6.64. The molecule has 0 spiro atoms. The van der Waals surface area contributed by atoms with Gasteiger partial charge in [0.05, 0.1) is 11.5 Å². The summed E-state index contributed by atoms with van der Waals surface area (Å²) in [6.45, 7) is -1.69. The highest BCUT2D eigenvalue weighted by Crippen LogP contribution is 2.38. The van der Waals surface area contributed by atoms with Crippen molar-refractivity contribution < 1.29 is 62.6 Å². The molecular formula is C29H28F11N5O3. The highest BCUT2D eigenvalue weighted by Gasteiger charge is 2.42. The number of nitrogens with zero attached hydrogens (tertiary/aromatic N) is 3. The number of pyridine rings is 1. The lowest BCUT2D eigenvalue weighted by Gasteiger charge is -2.30. The molecule has 2 aromatic heterocycles. The van der Waals surface area contributed by atoms with E-state index in [1.807, 2.05) is 5.32 Å². The van der Waals surface area contributed by atoms with Gasteiger partial charge in [-0.1, -0.05) is 12.1 Å². The fourth-order valence-corrected chi connectivity index (χ4v) is 5.34. The summed E-state index contributed by atoms with van der Waals surface area (Å²) in [5, 5.41) is 4.55. The Labute approximate surface area is 265 Å². The standard InChI is InChI=1S/C29H28F11N5O3/c1-45-22(9-15-8-14(2-7-19(15)29(38,39)40)12-41-23(46)11-27(32,33)34)43-20-10-18(26(44-24(20)45)48-13-21(30)31)25(47)42-17-5-3-16(4-6-17)28(35,36)37/h2,7-8,10,16-17,21H,3-6,9,11-13H2,1H3,(H,41,46)(H,42,47). The van der Waals surface area contributed by atoms with Crippen LogP contribution in [0, 0.1) is 5.92 Å². The van der Waals surface area contributed by atoms with E-state index in [0.717, 1.165) is 18.2 Å². The smallest absolute Gasteiger partial charge is 0.416 e. The quantitative estimate of drug-likeness (QED) is 0.231. The molecule has 8 nitrogen and oxygen atoms in total.